The number of hydrogen-bond acceptors (Lipinski definition) is 16. The van der Waals surface area contributed by atoms with E-state index in [1.165, 1.54) is 177 Å². The quantitative estimate of drug-likeness (QED) is 0.0220. The molecule has 0 aliphatic heterocycles. The number of carbonyl (C=O) groups excluding carboxylic acids is 2. The second kappa shape index (κ2) is 46.2. The van der Waals surface area contributed by atoms with Gasteiger partial charge < -0.3 is 29.2 Å². The van der Waals surface area contributed by atoms with Crippen LogP contribution in [0.25, 0.3) is 57.8 Å². The molecule has 0 amide bonds. The van der Waals surface area contributed by atoms with E-state index >= 15 is 0 Å². The van der Waals surface area contributed by atoms with Crippen molar-refractivity contribution in [3.8, 4) is 62.0 Å². The molecular weight excluding hydrogens is 1930 g/mol. The van der Waals surface area contributed by atoms with Crippen molar-refractivity contribution >= 4 is 147 Å². The zero-order valence-electron chi connectivity index (χ0n) is 85.5. The average molecular weight is 2070 g/mol. The molecule has 0 bridgehead atoms. The van der Waals surface area contributed by atoms with Crippen LogP contribution in [0.3, 0.4) is 0 Å². The molecule has 8 nitrogen and oxygen atoms in total. The van der Waals surface area contributed by atoms with Gasteiger partial charge >= 0.3 is 0 Å². The Balaban J connectivity index is 0.000000196. The fourth-order valence-corrected chi connectivity index (χ4v) is 35.4. The maximum atomic E-state index is 14.4. The molecule has 2 aliphatic rings. The second-order valence-corrected chi connectivity index (χ2v) is 60.6. The van der Waals surface area contributed by atoms with Crippen molar-refractivity contribution in [3.63, 3.8) is 0 Å². The Kier molecular flexibility index (Phi) is 33.9. The van der Waals surface area contributed by atoms with Gasteiger partial charge in [0.15, 0.2) is 12.6 Å². The second-order valence-electron chi connectivity index (χ2n) is 41.3. The molecule has 2 N–H and O–H groups in total. The smallest absolute Gasteiger partial charge is 0.160 e. The number of unbranched alkanes of at least 4 members (excludes halogenated alkanes) is 20. The lowest BCUT2D eigenvalue weighted by atomic mass is 9.67. The summed E-state index contributed by atoms with van der Waals surface area (Å²) in [6.45, 7) is 34.7. The summed E-state index contributed by atoms with van der Waals surface area (Å²) < 4.78 is 32.8. The fraction of sp³-hybridized carbons (Fsp3) is 0.371. The topological polar surface area (TPSA) is 112 Å². The number of aryl methyl sites for hydroxylation is 4. The van der Waals surface area contributed by atoms with E-state index in [9.17, 15) is 19.8 Å². The number of aldehydes is 2. The van der Waals surface area contributed by atoms with Gasteiger partial charge in [-0.05, 0) is 191 Å². The van der Waals surface area contributed by atoms with Crippen LogP contribution in [0, 0.1) is 27.7 Å². The molecule has 8 aromatic heterocycles. The first-order valence-electron chi connectivity index (χ1n) is 52.1. The Bertz CT molecular complexity index is 6490. The molecule has 0 saturated carbocycles. The number of ether oxygens (including phenoxy) is 4. The Labute approximate surface area is 877 Å². The highest BCUT2D eigenvalue weighted by Gasteiger charge is 2.56. The molecule has 0 spiro atoms. The number of thiophene rings is 8. The zero-order valence-corrected chi connectivity index (χ0v) is 94.0. The predicted molar refractivity (Wildman–Crippen MR) is 618 cm³/mol. The van der Waals surface area contributed by atoms with Crippen LogP contribution in [0.1, 0.15) is 301 Å². The fourth-order valence-electron chi connectivity index (χ4n) is 20.8. The minimum atomic E-state index is -1.71. The Hall–Kier alpha value is -9.23. The largest absolute Gasteiger partial charge is 0.494 e. The monoisotopic (exact) mass is 2070 g/mol. The summed E-state index contributed by atoms with van der Waals surface area (Å²) in [7, 11) is -3.43. The van der Waals surface area contributed by atoms with Crippen LogP contribution in [0.15, 0.2) is 231 Å². The minimum Gasteiger partial charge on any atom is -0.494 e. The average Bonchev–Trinajstić information content (AvgIpc) is 1.48. The van der Waals surface area contributed by atoms with Crippen LogP contribution < -0.4 is 27.9 Å². The molecule has 0 saturated heterocycles. The molecule has 2 aliphatic carbocycles. The van der Waals surface area contributed by atoms with Crippen LogP contribution in [0.2, 0.25) is 39.3 Å². The van der Waals surface area contributed by atoms with E-state index in [2.05, 4.69) is 301 Å². The van der Waals surface area contributed by atoms with Crippen LogP contribution in [-0.2, 0) is 22.0 Å². The van der Waals surface area contributed by atoms with Crippen molar-refractivity contribution in [2.75, 3.05) is 26.4 Å². The molecule has 8 aromatic carbocycles. The number of rotatable bonds is 48. The molecular formula is C124H140O8S8Si2. The maximum Gasteiger partial charge on any atom is 0.160 e. The highest BCUT2D eigenvalue weighted by molar-refractivity contribution is 7.37. The lowest BCUT2D eigenvalue weighted by Gasteiger charge is -2.34. The molecule has 4 unspecified atom stereocenters. The Morgan fingerprint density at radius 1 is 0.282 bits per heavy atom. The molecule has 142 heavy (non-hydrogen) atoms. The van der Waals surface area contributed by atoms with Gasteiger partial charge in [-0.2, -0.15) is 0 Å². The van der Waals surface area contributed by atoms with Gasteiger partial charge in [0, 0.05) is 32.0 Å². The third-order valence-electron chi connectivity index (χ3n) is 28.7. The van der Waals surface area contributed by atoms with Crippen molar-refractivity contribution in [2.45, 2.75) is 271 Å². The van der Waals surface area contributed by atoms with Crippen molar-refractivity contribution < 1.29 is 38.7 Å². The summed E-state index contributed by atoms with van der Waals surface area (Å²) in [5.74, 6) is 3.37. The van der Waals surface area contributed by atoms with E-state index in [-0.39, 0.29) is 0 Å². The van der Waals surface area contributed by atoms with E-state index in [0.29, 0.717) is 26.4 Å². The number of hydrogen-bond donors (Lipinski definition) is 2. The van der Waals surface area contributed by atoms with Gasteiger partial charge in [0.2, 0.25) is 0 Å². The van der Waals surface area contributed by atoms with Crippen molar-refractivity contribution in [1.29, 1.82) is 0 Å². The molecule has 16 aromatic rings. The van der Waals surface area contributed by atoms with Crippen molar-refractivity contribution in [1.82, 2.24) is 0 Å². The van der Waals surface area contributed by atoms with Crippen LogP contribution in [-0.4, -0.2) is 65.4 Å². The molecule has 18 heteroatoms. The van der Waals surface area contributed by atoms with Crippen molar-refractivity contribution in [2.24, 2.45) is 0 Å². The van der Waals surface area contributed by atoms with Gasteiger partial charge in [-0.1, -0.05) is 375 Å². The van der Waals surface area contributed by atoms with Gasteiger partial charge in [0.05, 0.1) is 111 Å². The third kappa shape index (κ3) is 21.4. The van der Waals surface area contributed by atoms with Crippen LogP contribution >= 0.6 is 90.7 Å². The SMILES string of the molecule is CCCCCCCCOc1ccc(C(O)(c2ccc(C)cc2)c2c(-c3ccc([Si](C)(C)C)s3)sc3c(C(O)(c4ccc(C)cc4)c4ccc(OCCCCCCCC)cc4)c(-c4ccc([Si](C)(C)C)s4)sc23)cc1.CCCCCCCCOc1ccc(C2(c3ccc(C)cc3)c3cc(C=O)sc3-c3sc4c5c(sc4c32)-c2sc(C=O)cc2C5(c2ccc(C)cc2)c2ccc(OCCCCCCCC)cc2)cc1. The summed E-state index contributed by atoms with van der Waals surface area (Å²) >= 11 is 14.1. The lowest BCUT2D eigenvalue weighted by molar-refractivity contribution is 0.111. The molecule has 0 fully saturated rings. The highest BCUT2D eigenvalue weighted by atomic mass is 32.1. The van der Waals surface area contributed by atoms with Crippen LogP contribution in [0.5, 0.6) is 23.0 Å². The van der Waals surface area contributed by atoms with Crippen LogP contribution in [0.4, 0.5) is 0 Å². The molecule has 740 valence electrons. The molecule has 0 radical (unpaired) electrons. The predicted octanol–water partition coefficient (Wildman–Crippen LogP) is 35.7. The van der Waals surface area contributed by atoms with Gasteiger partial charge in [0.1, 0.15) is 34.2 Å². The number of carbonyl (C=O) groups is 2. The number of aliphatic hydroxyl groups is 2. The Morgan fingerprint density at radius 2 is 0.528 bits per heavy atom. The summed E-state index contributed by atoms with van der Waals surface area (Å²) in [5, 5.41) is 28.7. The molecule has 18 rings (SSSR count). The minimum absolute atomic E-state index is 0.669. The summed E-state index contributed by atoms with van der Waals surface area (Å²) in [6.07, 6.45) is 31.1. The van der Waals surface area contributed by atoms with E-state index in [0.717, 1.165) is 189 Å². The normalized spacial score (nSPS) is 15.2. The maximum absolute atomic E-state index is 14.4. The zero-order chi connectivity index (χ0) is 99.5. The van der Waals surface area contributed by atoms with Gasteiger partial charge in [-0.15, -0.1) is 90.7 Å². The van der Waals surface area contributed by atoms with Crippen molar-refractivity contribution in [3.05, 3.63) is 340 Å². The Morgan fingerprint density at radius 3 is 0.796 bits per heavy atom. The summed E-state index contributed by atoms with van der Waals surface area (Å²) in [4.78, 5) is 36.1. The first-order valence-corrected chi connectivity index (χ1v) is 65.6. The van der Waals surface area contributed by atoms with Gasteiger partial charge in [0.25, 0.3) is 0 Å². The summed E-state index contributed by atoms with van der Waals surface area (Å²) in [6, 6.07) is 82.5. The number of benzene rings is 8. The molecule has 4 atom stereocenters. The van der Waals surface area contributed by atoms with E-state index in [1.54, 1.807) is 45.3 Å². The van der Waals surface area contributed by atoms with E-state index in [1.807, 2.05) is 69.6 Å². The number of fused-ring (bicyclic) bond motifs is 10. The standard InChI is InChI=1S/C64H80O4S4Si2.C60H60O4S4/c1-11-13-15-17-19-21-43-67-51-35-31-49(32-36-51)63(65,47-27-23-45(3)24-28-47)57-59(53-39-41-55(69-53)73(5,6)7)71-62-58(60(72-61(57)62)54-40-42-56(70-54)74(8,9)10)64(66,48-29-25-46(4)26-30-48)50-33-37-52(38-34-50)68-44-22-20-18-16-14-12-2;1-5-7-9-11-13-15-33-63-45-29-25-43(26-30-45)59(41-21-17-39(3)18-22-41)49-35-47(37-61)65-53(49)55-51(59)57-58(67-55)52-56(68-57)54-50(36-48(38-62)66-54)60(52,42-23-19-40(4)20-24-42)44-27-31-46(32-28-44)64-34-16-14-12-10-8-6-2/h23-42,65-66H,11-22,43-44H2,1-10H3;17-32,35-38H,5-16,33-34H2,1-4H3. The third-order valence-corrected chi connectivity index (χ3v) is 46.0. The van der Waals surface area contributed by atoms with E-state index in [4.69, 9.17) is 18.9 Å². The van der Waals surface area contributed by atoms with E-state index < -0.39 is 38.2 Å². The van der Waals surface area contributed by atoms with Gasteiger partial charge in [-0.3, -0.25) is 9.59 Å². The summed E-state index contributed by atoms with van der Waals surface area (Å²) in [5.41, 5.74) is 14.5. The highest BCUT2D eigenvalue weighted by Crippen LogP contribution is 2.71. The molecule has 8 heterocycles. The lowest BCUT2D eigenvalue weighted by Crippen LogP contribution is -2.34. The first kappa shape index (κ1) is 104. The first-order chi connectivity index (χ1) is 68.8. The van der Waals surface area contributed by atoms with Gasteiger partial charge in [-0.25, -0.2) is 0 Å².